The summed E-state index contributed by atoms with van der Waals surface area (Å²) in [7, 11) is 0. The van der Waals surface area contributed by atoms with Gasteiger partial charge in [0.05, 0.1) is 11.4 Å². The topological polar surface area (TPSA) is 34.2 Å². The van der Waals surface area contributed by atoms with Gasteiger partial charge in [-0.15, -0.1) is 0 Å². The van der Waals surface area contributed by atoms with E-state index < -0.39 is 0 Å². The molecule has 0 aliphatic carbocycles. The van der Waals surface area contributed by atoms with Gasteiger partial charge in [-0.1, -0.05) is 237 Å². The SMILES string of the molecule is c1ccc(Nc2ccccc2B2c3ccc(N(c4ccccc4)c4ccccc4)cc3N(c3c(-c4ccccc4)cccc3-c3ccccc3)c3cc4c(cc32)B2c3ccccc3N(c3ccccc3)c3cc(N(c5ccccc5)c5ccccc5)cc(c32)O4)cc1. The summed E-state index contributed by atoms with van der Waals surface area (Å²) in [6.45, 7) is -0.513. The van der Waals surface area contributed by atoms with E-state index in [-0.39, 0.29) is 13.4 Å². The van der Waals surface area contributed by atoms with E-state index in [0.717, 1.165) is 141 Å². The third-order valence-corrected chi connectivity index (χ3v) is 18.3. The van der Waals surface area contributed by atoms with Crippen molar-refractivity contribution in [3.63, 3.8) is 0 Å². The zero-order valence-electron chi connectivity index (χ0n) is 50.3. The van der Waals surface area contributed by atoms with Gasteiger partial charge in [0.1, 0.15) is 11.5 Å². The highest BCUT2D eigenvalue weighted by atomic mass is 16.5. The molecule has 0 unspecified atom stereocenters. The number of anilines is 14. The Morgan fingerprint density at radius 3 is 1.34 bits per heavy atom. The highest BCUT2D eigenvalue weighted by Gasteiger charge is 2.46. The fraction of sp³-hybridized carbons (Fsp3) is 0. The predicted octanol–water partition coefficient (Wildman–Crippen LogP) is 18.4. The van der Waals surface area contributed by atoms with E-state index >= 15 is 0 Å². The van der Waals surface area contributed by atoms with E-state index in [0.29, 0.717) is 0 Å². The van der Waals surface area contributed by atoms with Gasteiger partial charge < -0.3 is 29.7 Å². The minimum Gasteiger partial charge on any atom is -0.458 e. The fourth-order valence-corrected chi connectivity index (χ4v) is 14.4. The molecular formula is C84H59B2N5O. The van der Waals surface area contributed by atoms with Crippen molar-refractivity contribution in [3.05, 3.63) is 352 Å². The Hall–Kier alpha value is -12.0. The van der Waals surface area contributed by atoms with Crippen LogP contribution in [0.25, 0.3) is 22.3 Å². The first-order valence-electron chi connectivity index (χ1n) is 31.6. The fourth-order valence-electron chi connectivity index (χ4n) is 14.4. The third-order valence-electron chi connectivity index (χ3n) is 18.3. The quantitative estimate of drug-likeness (QED) is 0.116. The van der Waals surface area contributed by atoms with Gasteiger partial charge in [0.15, 0.2) is 0 Å². The molecule has 0 saturated heterocycles. The molecule has 3 aliphatic rings. The molecule has 92 heavy (non-hydrogen) atoms. The Balaban J connectivity index is 0.984. The lowest BCUT2D eigenvalue weighted by Crippen LogP contribution is -2.63. The van der Waals surface area contributed by atoms with Gasteiger partial charge in [0.25, 0.3) is 6.71 Å². The lowest BCUT2D eigenvalue weighted by Gasteiger charge is -2.43. The van der Waals surface area contributed by atoms with Crippen molar-refractivity contribution in [3.8, 4) is 33.8 Å². The minimum atomic E-state index is -0.290. The van der Waals surface area contributed by atoms with Gasteiger partial charge in [-0.05, 0) is 147 Å². The van der Waals surface area contributed by atoms with Crippen LogP contribution in [0.3, 0.4) is 0 Å². The first-order valence-corrected chi connectivity index (χ1v) is 31.6. The summed E-state index contributed by atoms with van der Waals surface area (Å²) < 4.78 is 7.87. The smallest absolute Gasteiger partial charge is 0.256 e. The standard InChI is InChI=1S/C84H59B2N5O/c1-9-30-59(31-10-1)69-46-29-47-70(60-32-11-2-12-33-60)84(69)91-78-54-67(88(62-36-15-4-16-37-62)63-38-17-5-18-39-63)52-53-73(78)85(71-48-25-27-50-76(71)87-61-34-13-3-14-35-61)74-57-75-81(58-79(74)91)92-82-56-68(89(64-40-19-6-20-41-64)65-42-21-7-22-43-65)55-80-83(82)86(75)72-49-26-28-51-77(72)90(80)66-44-23-8-24-45-66/h1-58,87H. The Bertz CT molecular complexity index is 4870. The maximum atomic E-state index is 7.87. The van der Waals surface area contributed by atoms with Gasteiger partial charge in [0.2, 0.25) is 6.71 Å². The molecule has 14 aromatic rings. The van der Waals surface area contributed by atoms with Crippen molar-refractivity contribution < 1.29 is 4.74 Å². The molecule has 0 atom stereocenters. The Labute approximate surface area is 538 Å². The van der Waals surface area contributed by atoms with Crippen molar-refractivity contribution in [2.45, 2.75) is 0 Å². The number of nitrogens with one attached hydrogen (secondary N) is 1. The highest BCUT2D eigenvalue weighted by Crippen LogP contribution is 2.51. The van der Waals surface area contributed by atoms with Gasteiger partial charge >= 0.3 is 0 Å². The van der Waals surface area contributed by atoms with E-state index in [1.807, 2.05) is 0 Å². The van der Waals surface area contributed by atoms with E-state index in [1.54, 1.807) is 0 Å². The maximum absolute atomic E-state index is 7.87. The van der Waals surface area contributed by atoms with E-state index in [2.05, 4.69) is 377 Å². The number of benzene rings is 14. The molecule has 6 nitrogen and oxygen atoms in total. The minimum absolute atomic E-state index is 0.224. The first kappa shape index (κ1) is 54.2. The molecule has 8 heteroatoms. The number of nitrogens with zero attached hydrogens (tertiary/aromatic N) is 4. The maximum Gasteiger partial charge on any atom is 0.256 e. The van der Waals surface area contributed by atoms with Crippen LogP contribution in [0.15, 0.2) is 352 Å². The van der Waals surface area contributed by atoms with Crippen LogP contribution in [0.4, 0.5) is 79.6 Å². The normalized spacial score (nSPS) is 12.3. The first-order chi connectivity index (χ1) is 45.7. The zero-order valence-corrected chi connectivity index (χ0v) is 50.3. The van der Waals surface area contributed by atoms with E-state index in [1.165, 1.54) is 5.46 Å². The number of ether oxygens (including phenoxy) is 1. The second-order valence-corrected chi connectivity index (χ2v) is 23.6. The lowest BCUT2D eigenvalue weighted by molar-refractivity contribution is 0.488. The largest absolute Gasteiger partial charge is 0.458 e. The van der Waals surface area contributed by atoms with E-state index in [9.17, 15) is 0 Å². The molecule has 3 heterocycles. The Kier molecular flexibility index (Phi) is 13.7. The average molecular weight is 1180 g/mol. The zero-order chi connectivity index (χ0) is 60.9. The van der Waals surface area contributed by atoms with Gasteiger partial charge in [-0.3, -0.25) is 0 Å². The molecule has 0 bridgehead atoms. The molecule has 0 saturated carbocycles. The molecule has 0 amide bonds. The number of para-hydroxylation sites is 9. The number of hydrogen-bond acceptors (Lipinski definition) is 6. The van der Waals surface area contributed by atoms with Crippen LogP contribution in [0, 0.1) is 0 Å². The monoisotopic (exact) mass is 1180 g/mol. The van der Waals surface area contributed by atoms with Crippen molar-refractivity contribution in [2.75, 3.05) is 24.9 Å². The predicted molar refractivity (Wildman–Crippen MR) is 388 cm³/mol. The summed E-state index contributed by atoms with van der Waals surface area (Å²) in [6.07, 6.45) is 0. The summed E-state index contributed by atoms with van der Waals surface area (Å²) in [5.41, 5.74) is 25.9. The van der Waals surface area contributed by atoms with Crippen LogP contribution in [-0.2, 0) is 0 Å². The summed E-state index contributed by atoms with van der Waals surface area (Å²) in [4.78, 5) is 9.75. The molecule has 0 radical (unpaired) electrons. The van der Waals surface area contributed by atoms with Gasteiger partial charge in [-0.2, -0.15) is 0 Å². The number of fused-ring (bicyclic) bond motifs is 6. The van der Waals surface area contributed by atoms with E-state index in [4.69, 9.17) is 4.74 Å². The second-order valence-electron chi connectivity index (χ2n) is 23.6. The van der Waals surface area contributed by atoms with Crippen molar-refractivity contribution in [1.82, 2.24) is 0 Å². The number of hydrogen-bond donors (Lipinski definition) is 1. The molecule has 3 aliphatic heterocycles. The van der Waals surface area contributed by atoms with Crippen LogP contribution in [0.5, 0.6) is 11.5 Å². The summed E-state index contributed by atoms with van der Waals surface area (Å²) in [5, 5.41) is 3.94. The third kappa shape index (κ3) is 9.47. The summed E-state index contributed by atoms with van der Waals surface area (Å²) in [5.74, 6) is 1.60. The van der Waals surface area contributed by atoms with Crippen LogP contribution < -0.4 is 62.4 Å². The molecule has 432 valence electrons. The molecule has 1 N–H and O–H groups in total. The van der Waals surface area contributed by atoms with Crippen LogP contribution >= 0.6 is 0 Å². The summed E-state index contributed by atoms with van der Waals surface area (Å²) in [6, 6.07) is 127. The molecule has 0 spiro atoms. The molecule has 0 fully saturated rings. The molecule has 14 aromatic carbocycles. The van der Waals surface area contributed by atoms with Crippen LogP contribution in [0.1, 0.15) is 0 Å². The van der Waals surface area contributed by atoms with Crippen LogP contribution in [0.2, 0.25) is 0 Å². The lowest BCUT2D eigenvalue weighted by atomic mass is 9.31. The summed E-state index contributed by atoms with van der Waals surface area (Å²) >= 11 is 0. The van der Waals surface area contributed by atoms with Gasteiger partial charge in [0, 0.05) is 91.5 Å². The van der Waals surface area contributed by atoms with Gasteiger partial charge in [-0.25, -0.2) is 0 Å². The Morgan fingerprint density at radius 1 is 0.283 bits per heavy atom. The number of rotatable bonds is 13. The van der Waals surface area contributed by atoms with Crippen molar-refractivity contribution >= 4 is 126 Å². The molecular weight excluding hydrogens is 1120 g/mol. The molecule has 17 rings (SSSR count). The van der Waals surface area contributed by atoms with Crippen molar-refractivity contribution in [1.29, 1.82) is 0 Å². The molecule has 0 aromatic heterocycles. The highest BCUT2D eigenvalue weighted by molar-refractivity contribution is 7.02. The Morgan fingerprint density at radius 2 is 0.750 bits per heavy atom. The average Bonchev–Trinajstić information content (AvgIpc) is 0.701. The second kappa shape index (κ2) is 23.2. The van der Waals surface area contributed by atoms with Crippen LogP contribution in [-0.4, -0.2) is 13.4 Å². The van der Waals surface area contributed by atoms with Crippen molar-refractivity contribution in [2.24, 2.45) is 0 Å².